The van der Waals surface area contributed by atoms with Crippen LogP contribution in [-0.4, -0.2) is 51.5 Å². The summed E-state index contributed by atoms with van der Waals surface area (Å²) in [4.78, 5) is 4.64. The van der Waals surface area contributed by atoms with E-state index in [1.165, 1.54) is 5.56 Å². The SMILES string of the molecule is c1ccc(Cc2nnc(CN3CCCN(c4cccnn4)CC3)o2)cc1. The van der Waals surface area contributed by atoms with Gasteiger partial charge in [0.15, 0.2) is 5.82 Å². The van der Waals surface area contributed by atoms with E-state index >= 15 is 0 Å². The third-order valence-electron chi connectivity index (χ3n) is 4.54. The summed E-state index contributed by atoms with van der Waals surface area (Å²) in [6.45, 7) is 4.54. The maximum Gasteiger partial charge on any atom is 0.230 e. The van der Waals surface area contributed by atoms with E-state index < -0.39 is 0 Å². The quantitative estimate of drug-likeness (QED) is 0.698. The Morgan fingerprint density at radius 2 is 1.73 bits per heavy atom. The van der Waals surface area contributed by atoms with Crippen molar-refractivity contribution in [2.45, 2.75) is 19.4 Å². The van der Waals surface area contributed by atoms with Gasteiger partial charge < -0.3 is 9.32 Å². The summed E-state index contributed by atoms with van der Waals surface area (Å²) in [5.74, 6) is 2.29. The lowest BCUT2D eigenvalue weighted by molar-refractivity contribution is 0.252. The number of benzene rings is 1. The van der Waals surface area contributed by atoms with Crippen LogP contribution >= 0.6 is 0 Å². The van der Waals surface area contributed by atoms with Crippen molar-refractivity contribution in [3.8, 4) is 0 Å². The molecule has 134 valence electrons. The molecule has 3 heterocycles. The molecule has 1 saturated heterocycles. The first-order chi connectivity index (χ1) is 12.9. The zero-order chi connectivity index (χ0) is 17.6. The van der Waals surface area contributed by atoms with E-state index in [2.05, 4.69) is 42.3 Å². The first-order valence-corrected chi connectivity index (χ1v) is 8.97. The minimum atomic E-state index is 0.669. The molecular weight excluding hydrogens is 328 g/mol. The van der Waals surface area contributed by atoms with Crippen LogP contribution in [0.2, 0.25) is 0 Å². The molecule has 1 fully saturated rings. The van der Waals surface area contributed by atoms with E-state index in [-0.39, 0.29) is 0 Å². The molecule has 3 aromatic rings. The molecule has 0 spiro atoms. The van der Waals surface area contributed by atoms with Gasteiger partial charge in [0.05, 0.1) is 13.0 Å². The van der Waals surface area contributed by atoms with Crippen molar-refractivity contribution < 1.29 is 4.42 Å². The Bertz CT molecular complexity index is 807. The molecule has 1 aliphatic rings. The molecule has 0 radical (unpaired) electrons. The number of hydrogen-bond acceptors (Lipinski definition) is 7. The molecule has 7 nitrogen and oxygen atoms in total. The number of aromatic nitrogens is 4. The Balaban J connectivity index is 1.33. The van der Waals surface area contributed by atoms with Crippen molar-refractivity contribution in [1.29, 1.82) is 0 Å². The van der Waals surface area contributed by atoms with Gasteiger partial charge in [-0.05, 0) is 24.1 Å². The van der Waals surface area contributed by atoms with E-state index in [1.54, 1.807) is 6.20 Å². The standard InChI is InChI=1S/C19H22N6O/c1-2-6-16(7-3-1)14-18-22-23-19(26-18)15-24-10-5-11-25(13-12-24)17-8-4-9-20-21-17/h1-4,6-9H,5,10-15H2. The third-order valence-corrected chi connectivity index (χ3v) is 4.54. The van der Waals surface area contributed by atoms with E-state index in [4.69, 9.17) is 4.42 Å². The molecule has 0 amide bonds. The number of rotatable bonds is 5. The van der Waals surface area contributed by atoms with E-state index in [9.17, 15) is 0 Å². The summed E-state index contributed by atoms with van der Waals surface area (Å²) in [5, 5.41) is 16.6. The topological polar surface area (TPSA) is 71.2 Å². The van der Waals surface area contributed by atoms with Gasteiger partial charge in [0, 0.05) is 32.4 Å². The van der Waals surface area contributed by atoms with Crippen molar-refractivity contribution in [3.05, 3.63) is 66.0 Å². The van der Waals surface area contributed by atoms with Gasteiger partial charge in [-0.1, -0.05) is 30.3 Å². The molecule has 0 unspecified atom stereocenters. The number of hydrogen-bond donors (Lipinski definition) is 0. The van der Waals surface area contributed by atoms with Crippen LogP contribution in [0.15, 0.2) is 53.1 Å². The fourth-order valence-electron chi connectivity index (χ4n) is 3.21. The Kier molecular flexibility index (Phi) is 5.16. The monoisotopic (exact) mass is 350 g/mol. The van der Waals surface area contributed by atoms with Gasteiger partial charge in [-0.15, -0.1) is 15.3 Å². The molecule has 0 bridgehead atoms. The Morgan fingerprint density at radius 1 is 0.846 bits per heavy atom. The van der Waals surface area contributed by atoms with E-state index in [0.29, 0.717) is 24.7 Å². The molecule has 26 heavy (non-hydrogen) atoms. The summed E-state index contributed by atoms with van der Waals surface area (Å²) >= 11 is 0. The van der Waals surface area contributed by atoms with Gasteiger partial charge in [-0.3, -0.25) is 4.90 Å². The second-order valence-electron chi connectivity index (χ2n) is 6.45. The van der Waals surface area contributed by atoms with Crippen LogP contribution in [0.25, 0.3) is 0 Å². The van der Waals surface area contributed by atoms with Crippen LogP contribution < -0.4 is 4.90 Å². The smallest absolute Gasteiger partial charge is 0.230 e. The fraction of sp³-hybridized carbons (Fsp3) is 0.368. The molecule has 0 saturated carbocycles. The summed E-state index contributed by atoms with van der Waals surface area (Å²) in [7, 11) is 0. The first kappa shape index (κ1) is 16.7. The Labute approximate surface area is 152 Å². The van der Waals surface area contributed by atoms with Crippen LogP contribution in [0, 0.1) is 0 Å². The largest absolute Gasteiger partial charge is 0.424 e. The highest BCUT2D eigenvalue weighted by atomic mass is 16.4. The van der Waals surface area contributed by atoms with Crippen molar-refractivity contribution in [3.63, 3.8) is 0 Å². The molecular formula is C19H22N6O. The number of nitrogens with zero attached hydrogens (tertiary/aromatic N) is 6. The predicted molar refractivity (Wildman–Crippen MR) is 97.7 cm³/mol. The molecule has 0 atom stereocenters. The molecule has 1 aliphatic heterocycles. The molecule has 2 aromatic heterocycles. The summed E-state index contributed by atoms with van der Waals surface area (Å²) in [6.07, 6.45) is 3.45. The van der Waals surface area contributed by atoms with Crippen LogP contribution in [0.1, 0.15) is 23.8 Å². The van der Waals surface area contributed by atoms with Gasteiger partial charge in [0.25, 0.3) is 0 Å². The molecule has 7 heteroatoms. The lowest BCUT2D eigenvalue weighted by atomic mass is 10.2. The zero-order valence-corrected chi connectivity index (χ0v) is 14.7. The highest BCUT2D eigenvalue weighted by Gasteiger charge is 2.18. The van der Waals surface area contributed by atoms with Crippen molar-refractivity contribution in [1.82, 2.24) is 25.3 Å². The maximum absolute atomic E-state index is 5.84. The summed E-state index contributed by atoms with van der Waals surface area (Å²) in [6, 6.07) is 14.1. The highest BCUT2D eigenvalue weighted by molar-refractivity contribution is 5.36. The highest BCUT2D eigenvalue weighted by Crippen LogP contribution is 2.14. The molecule has 0 N–H and O–H groups in total. The molecule has 4 rings (SSSR count). The van der Waals surface area contributed by atoms with Crippen molar-refractivity contribution in [2.75, 3.05) is 31.1 Å². The minimum absolute atomic E-state index is 0.669. The fourth-order valence-corrected chi connectivity index (χ4v) is 3.21. The maximum atomic E-state index is 5.84. The first-order valence-electron chi connectivity index (χ1n) is 8.97. The second-order valence-corrected chi connectivity index (χ2v) is 6.45. The number of anilines is 1. The van der Waals surface area contributed by atoms with E-state index in [0.717, 1.165) is 38.4 Å². The third kappa shape index (κ3) is 4.23. The normalized spacial score (nSPS) is 15.8. The van der Waals surface area contributed by atoms with Crippen LogP contribution in [-0.2, 0) is 13.0 Å². The minimum Gasteiger partial charge on any atom is -0.424 e. The van der Waals surface area contributed by atoms with Gasteiger partial charge in [0.1, 0.15) is 0 Å². The lowest BCUT2D eigenvalue weighted by Gasteiger charge is -2.21. The lowest BCUT2D eigenvalue weighted by Crippen LogP contribution is -2.31. The Hall–Kier alpha value is -2.80. The summed E-state index contributed by atoms with van der Waals surface area (Å²) < 4.78 is 5.84. The zero-order valence-electron chi connectivity index (χ0n) is 14.7. The van der Waals surface area contributed by atoms with Gasteiger partial charge >= 0.3 is 0 Å². The van der Waals surface area contributed by atoms with Crippen molar-refractivity contribution in [2.24, 2.45) is 0 Å². The average molecular weight is 350 g/mol. The van der Waals surface area contributed by atoms with Crippen LogP contribution in [0.5, 0.6) is 0 Å². The van der Waals surface area contributed by atoms with Gasteiger partial charge in [-0.25, -0.2) is 0 Å². The molecule has 1 aromatic carbocycles. The van der Waals surface area contributed by atoms with Gasteiger partial charge in [0.2, 0.25) is 11.8 Å². The average Bonchev–Trinajstić information content (AvgIpc) is 2.98. The summed E-state index contributed by atoms with van der Waals surface area (Å²) in [5.41, 5.74) is 1.18. The molecule has 0 aliphatic carbocycles. The van der Waals surface area contributed by atoms with Crippen LogP contribution in [0.4, 0.5) is 5.82 Å². The van der Waals surface area contributed by atoms with Crippen molar-refractivity contribution >= 4 is 5.82 Å². The second kappa shape index (κ2) is 8.05. The predicted octanol–water partition coefficient (Wildman–Crippen LogP) is 2.16. The Morgan fingerprint density at radius 3 is 2.58 bits per heavy atom. The van der Waals surface area contributed by atoms with Gasteiger partial charge in [-0.2, -0.15) is 5.10 Å². The van der Waals surface area contributed by atoms with E-state index in [1.807, 2.05) is 30.3 Å². The van der Waals surface area contributed by atoms with Crippen LogP contribution in [0.3, 0.4) is 0 Å².